The molecule has 1 aliphatic rings. The molecule has 0 spiro atoms. The van der Waals surface area contributed by atoms with Crippen molar-refractivity contribution in [1.82, 2.24) is 0 Å². The summed E-state index contributed by atoms with van der Waals surface area (Å²) in [4.78, 5) is 14.5. The van der Waals surface area contributed by atoms with Crippen molar-refractivity contribution in [2.75, 3.05) is 24.7 Å². The number of halogens is 1. The first kappa shape index (κ1) is 18.2. The Morgan fingerprint density at radius 1 is 1.20 bits per heavy atom. The van der Waals surface area contributed by atoms with Crippen molar-refractivity contribution in [3.8, 4) is 0 Å². The molecule has 0 atom stereocenters. The van der Waals surface area contributed by atoms with Gasteiger partial charge in [0.15, 0.2) is 0 Å². The molecule has 0 aliphatic carbocycles. The van der Waals surface area contributed by atoms with Crippen LogP contribution in [0, 0.1) is 13.8 Å². The van der Waals surface area contributed by atoms with Crippen molar-refractivity contribution in [2.24, 2.45) is 0 Å². The fraction of sp³-hybridized carbons (Fsp3) is 0.381. The summed E-state index contributed by atoms with van der Waals surface area (Å²) in [6, 6.07) is 12.4. The Bertz CT molecular complexity index is 772. The Kier molecular flexibility index (Phi) is 5.92. The quantitative estimate of drug-likeness (QED) is 0.684. The Hall–Kier alpha value is -1.65. The minimum atomic E-state index is 0.0417. The van der Waals surface area contributed by atoms with Crippen molar-refractivity contribution in [3.63, 3.8) is 0 Å². The first-order valence-electron chi connectivity index (χ1n) is 8.78. The molecular weight excluding hydrogens is 378 g/mol. The van der Waals surface area contributed by atoms with Gasteiger partial charge in [0, 0.05) is 16.7 Å². The van der Waals surface area contributed by atoms with E-state index in [1.165, 1.54) is 22.3 Å². The summed E-state index contributed by atoms with van der Waals surface area (Å²) in [6.07, 6.45) is 2.83. The number of rotatable bonds is 5. The highest BCUT2D eigenvalue weighted by Gasteiger charge is 2.23. The van der Waals surface area contributed by atoms with Crippen LogP contribution in [0.1, 0.15) is 28.7 Å². The van der Waals surface area contributed by atoms with E-state index in [2.05, 4.69) is 48.0 Å². The van der Waals surface area contributed by atoms with Gasteiger partial charge >= 0.3 is 0 Å². The standard InChI is InChI=1S/C21H24BrNO2/c1-15-6-3-7-17(16(15)2)11-13-25-14-21(24)23-12-5-8-18-19(22)9-4-10-20(18)23/h3-4,6-7,9-10H,5,8,11-14H2,1-2H3. The lowest BCUT2D eigenvalue weighted by Gasteiger charge is -2.30. The zero-order chi connectivity index (χ0) is 17.8. The van der Waals surface area contributed by atoms with E-state index in [9.17, 15) is 4.79 Å². The van der Waals surface area contributed by atoms with E-state index in [0.717, 1.165) is 36.0 Å². The summed E-state index contributed by atoms with van der Waals surface area (Å²) in [5.41, 5.74) is 6.14. The van der Waals surface area contributed by atoms with Crippen molar-refractivity contribution < 1.29 is 9.53 Å². The Morgan fingerprint density at radius 2 is 2.00 bits per heavy atom. The van der Waals surface area contributed by atoms with Gasteiger partial charge in [0.05, 0.1) is 6.61 Å². The molecule has 132 valence electrons. The molecule has 0 saturated carbocycles. The fourth-order valence-electron chi connectivity index (χ4n) is 3.34. The first-order valence-corrected chi connectivity index (χ1v) is 9.58. The molecule has 3 rings (SSSR count). The normalized spacial score (nSPS) is 13.6. The lowest BCUT2D eigenvalue weighted by molar-refractivity contribution is -0.123. The van der Waals surface area contributed by atoms with Gasteiger partial charge in [-0.3, -0.25) is 4.79 Å². The van der Waals surface area contributed by atoms with Crippen molar-refractivity contribution in [3.05, 3.63) is 63.1 Å². The van der Waals surface area contributed by atoms with E-state index in [-0.39, 0.29) is 12.5 Å². The minimum absolute atomic E-state index is 0.0417. The lowest BCUT2D eigenvalue weighted by Crippen LogP contribution is -2.38. The average Bonchev–Trinajstić information content (AvgIpc) is 2.62. The summed E-state index contributed by atoms with van der Waals surface area (Å²) < 4.78 is 6.77. The summed E-state index contributed by atoms with van der Waals surface area (Å²) >= 11 is 3.59. The lowest BCUT2D eigenvalue weighted by atomic mass is 10.0. The Labute approximate surface area is 158 Å². The number of fused-ring (bicyclic) bond motifs is 1. The molecule has 3 nitrogen and oxygen atoms in total. The van der Waals surface area contributed by atoms with Crippen LogP contribution >= 0.6 is 15.9 Å². The van der Waals surface area contributed by atoms with Gasteiger partial charge in [0.1, 0.15) is 6.61 Å². The maximum atomic E-state index is 12.6. The van der Waals surface area contributed by atoms with Gasteiger partial charge in [-0.05, 0) is 67.5 Å². The summed E-state index contributed by atoms with van der Waals surface area (Å²) in [7, 11) is 0. The van der Waals surface area contributed by atoms with Crippen LogP contribution in [0.15, 0.2) is 40.9 Å². The third-order valence-electron chi connectivity index (χ3n) is 4.95. The maximum absolute atomic E-state index is 12.6. The third-order valence-corrected chi connectivity index (χ3v) is 5.70. The van der Waals surface area contributed by atoms with Gasteiger partial charge < -0.3 is 9.64 Å². The smallest absolute Gasteiger partial charge is 0.252 e. The fourth-order valence-corrected chi connectivity index (χ4v) is 3.90. The van der Waals surface area contributed by atoms with E-state index in [1.54, 1.807) is 0 Å². The second-order valence-corrected chi connectivity index (χ2v) is 7.40. The maximum Gasteiger partial charge on any atom is 0.252 e. The van der Waals surface area contributed by atoms with Crippen LogP contribution in [-0.4, -0.2) is 25.7 Å². The topological polar surface area (TPSA) is 29.5 Å². The highest BCUT2D eigenvalue weighted by molar-refractivity contribution is 9.10. The average molecular weight is 402 g/mol. The molecule has 0 saturated heterocycles. The van der Waals surface area contributed by atoms with E-state index < -0.39 is 0 Å². The van der Waals surface area contributed by atoms with Crippen LogP contribution in [0.3, 0.4) is 0 Å². The highest BCUT2D eigenvalue weighted by atomic mass is 79.9. The number of aryl methyl sites for hydroxylation is 1. The Morgan fingerprint density at radius 3 is 2.84 bits per heavy atom. The minimum Gasteiger partial charge on any atom is -0.371 e. The van der Waals surface area contributed by atoms with E-state index in [4.69, 9.17) is 4.74 Å². The number of carbonyl (C=O) groups excluding carboxylic acids is 1. The summed E-state index contributed by atoms with van der Waals surface area (Å²) in [6.45, 7) is 5.72. The van der Waals surface area contributed by atoms with Gasteiger partial charge in [-0.1, -0.05) is 40.2 Å². The molecule has 0 radical (unpaired) electrons. The number of ether oxygens (including phenoxy) is 1. The van der Waals surface area contributed by atoms with Crippen LogP contribution in [-0.2, 0) is 22.4 Å². The van der Waals surface area contributed by atoms with Crippen LogP contribution in [0.4, 0.5) is 5.69 Å². The van der Waals surface area contributed by atoms with Crippen molar-refractivity contribution in [1.29, 1.82) is 0 Å². The van der Waals surface area contributed by atoms with Gasteiger partial charge in [-0.2, -0.15) is 0 Å². The zero-order valence-electron chi connectivity index (χ0n) is 14.8. The van der Waals surface area contributed by atoms with Crippen molar-refractivity contribution in [2.45, 2.75) is 33.1 Å². The number of benzene rings is 2. The molecular formula is C21H24BrNO2. The molecule has 0 aromatic heterocycles. The van der Waals surface area contributed by atoms with E-state index in [0.29, 0.717) is 6.61 Å². The molecule has 1 heterocycles. The number of hydrogen-bond donors (Lipinski definition) is 0. The monoisotopic (exact) mass is 401 g/mol. The summed E-state index contributed by atoms with van der Waals surface area (Å²) in [5.74, 6) is 0.0417. The van der Waals surface area contributed by atoms with Crippen LogP contribution in [0.25, 0.3) is 0 Å². The molecule has 2 aromatic rings. The molecule has 0 unspecified atom stereocenters. The predicted octanol–water partition coefficient (Wildman–Crippen LogP) is 4.60. The number of carbonyl (C=O) groups is 1. The number of nitrogens with zero attached hydrogens (tertiary/aromatic N) is 1. The Balaban J connectivity index is 1.56. The summed E-state index contributed by atoms with van der Waals surface area (Å²) in [5, 5.41) is 0. The van der Waals surface area contributed by atoms with E-state index in [1.807, 2.05) is 23.1 Å². The van der Waals surface area contributed by atoms with Crippen LogP contribution < -0.4 is 4.90 Å². The van der Waals surface area contributed by atoms with Gasteiger partial charge in [-0.15, -0.1) is 0 Å². The molecule has 25 heavy (non-hydrogen) atoms. The molecule has 0 fully saturated rings. The molecule has 0 bridgehead atoms. The molecule has 1 amide bonds. The number of amides is 1. The van der Waals surface area contributed by atoms with E-state index >= 15 is 0 Å². The SMILES string of the molecule is Cc1cccc(CCOCC(=O)N2CCCc3c(Br)cccc32)c1C. The molecule has 1 aliphatic heterocycles. The molecule has 0 N–H and O–H groups in total. The third kappa shape index (κ3) is 4.13. The zero-order valence-corrected chi connectivity index (χ0v) is 16.4. The predicted molar refractivity (Wildman–Crippen MR) is 105 cm³/mol. The second-order valence-electron chi connectivity index (χ2n) is 6.55. The first-order chi connectivity index (χ1) is 12.1. The second kappa shape index (κ2) is 8.15. The van der Waals surface area contributed by atoms with Gasteiger partial charge in [0.2, 0.25) is 0 Å². The van der Waals surface area contributed by atoms with Gasteiger partial charge in [0.25, 0.3) is 5.91 Å². The molecule has 4 heteroatoms. The molecule has 2 aromatic carbocycles. The van der Waals surface area contributed by atoms with Crippen LogP contribution in [0.2, 0.25) is 0 Å². The van der Waals surface area contributed by atoms with Crippen molar-refractivity contribution >= 4 is 27.5 Å². The van der Waals surface area contributed by atoms with Gasteiger partial charge in [-0.25, -0.2) is 0 Å². The highest BCUT2D eigenvalue weighted by Crippen LogP contribution is 2.32. The number of hydrogen-bond acceptors (Lipinski definition) is 2. The van der Waals surface area contributed by atoms with Crippen LogP contribution in [0.5, 0.6) is 0 Å². The largest absolute Gasteiger partial charge is 0.371 e. The number of anilines is 1.